The predicted molar refractivity (Wildman–Crippen MR) is 88.7 cm³/mol. The number of methoxy groups -OCH3 is 1. The first-order chi connectivity index (χ1) is 9.90. The number of hydrogen-bond donors (Lipinski definition) is 0. The van der Waals surface area contributed by atoms with Crippen molar-refractivity contribution in [3.8, 4) is 5.75 Å². The molecule has 0 spiro atoms. The Hall–Kier alpha value is -1.33. The van der Waals surface area contributed by atoms with Crippen molar-refractivity contribution in [3.63, 3.8) is 0 Å². The van der Waals surface area contributed by atoms with Crippen molar-refractivity contribution in [2.75, 3.05) is 7.11 Å². The zero-order valence-electron chi connectivity index (χ0n) is 12.0. The molecule has 0 saturated carbocycles. The fourth-order valence-corrected chi connectivity index (χ4v) is 2.97. The summed E-state index contributed by atoms with van der Waals surface area (Å²) < 4.78 is 5.32. The van der Waals surface area contributed by atoms with Gasteiger partial charge in [0, 0.05) is 17.1 Å². The third-order valence-corrected chi connectivity index (χ3v) is 4.19. The molecule has 0 heterocycles. The van der Waals surface area contributed by atoms with Crippen molar-refractivity contribution in [3.05, 3.63) is 84.4 Å². The molecule has 1 nitrogen and oxygen atoms in total. The van der Waals surface area contributed by atoms with Crippen LogP contribution >= 0.6 is 8.58 Å². The van der Waals surface area contributed by atoms with Crippen LogP contribution < -0.4 is 10.0 Å². The molecule has 3 aromatic rings. The van der Waals surface area contributed by atoms with Crippen molar-refractivity contribution >= 4 is 13.9 Å². The third kappa shape index (κ3) is 6.31. The minimum atomic E-state index is 0. The molecule has 0 radical (unpaired) electrons. The SMILES string of the molecule is COc1ccccc1CP[c-]1cccc1.[Fe].[cH-]1[cH-][cH-][cH-][cH-]1. The molecule has 0 saturated heterocycles. The summed E-state index contributed by atoms with van der Waals surface area (Å²) >= 11 is 0. The van der Waals surface area contributed by atoms with E-state index in [0.717, 1.165) is 20.5 Å². The van der Waals surface area contributed by atoms with Crippen LogP contribution in [0.2, 0.25) is 0 Å². The van der Waals surface area contributed by atoms with Crippen LogP contribution in [0, 0.1) is 0 Å². The maximum absolute atomic E-state index is 5.32. The molecule has 1 atom stereocenters. The van der Waals surface area contributed by atoms with Crippen LogP contribution in [0.4, 0.5) is 0 Å². The molecule has 0 aromatic heterocycles. The van der Waals surface area contributed by atoms with Gasteiger partial charge in [0.25, 0.3) is 0 Å². The van der Waals surface area contributed by atoms with E-state index in [-0.39, 0.29) is 17.1 Å². The average Bonchev–Trinajstić information content (AvgIpc) is 3.21. The van der Waals surface area contributed by atoms with Gasteiger partial charge in [-0.2, -0.15) is 12.1 Å². The molecular weight excluding hydrogens is 319 g/mol. The van der Waals surface area contributed by atoms with E-state index in [2.05, 4.69) is 36.4 Å². The van der Waals surface area contributed by atoms with Crippen molar-refractivity contribution in [2.24, 2.45) is 0 Å². The van der Waals surface area contributed by atoms with Crippen LogP contribution in [0.25, 0.3) is 0 Å². The molecule has 3 rings (SSSR count). The summed E-state index contributed by atoms with van der Waals surface area (Å²) in [5.74, 6) is 0.997. The molecule has 3 heteroatoms. The van der Waals surface area contributed by atoms with Gasteiger partial charge < -0.3 is 35.1 Å². The molecule has 3 aromatic carbocycles. The summed E-state index contributed by atoms with van der Waals surface area (Å²) in [4.78, 5) is 0. The van der Waals surface area contributed by atoms with Crippen molar-refractivity contribution < 1.29 is 21.8 Å². The quantitative estimate of drug-likeness (QED) is 0.391. The fraction of sp³-hybridized carbons (Fsp3) is 0.111. The van der Waals surface area contributed by atoms with Crippen LogP contribution in [0.1, 0.15) is 5.56 Å². The Morgan fingerprint density at radius 1 is 0.952 bits per heavy atom. The fourth-order valence-electron chi connectivity index (χ4n) is 1.86. The summed E-state index contributed by atoms with van der Waals surface area (Å²) in [5.41, 5.74) is 1.29. The summed E-state index contributed by atoms with van der Waals surface area (Å²) in [7, 11) is 2.55. The Morgan fingerprint density at radius 2 is 1.52 bits per heavy atom. The van der Waals surface area contributed by atoms with Gasteiger partial charge in [0.15, 0.2) is 0 Å². The standard InChI is InChI=1S/C13H14OP.C5H5.Fe/c1-14-13-9-5-2-6-11(13)10-15-12-7-3-4-8-12;1-2-4-5-3-1;/h2-9,15H,10H2,1H3;1-5H;/q-1;-5;. The van der Waals surface area contributed by atoms with E-state index < -0.39 is 0 Å². The third-order valence-electron chi connectivity index (χ3n) is 2.89. The topological polar surface area (TPSA) is 9.23 Å². The number of rotatable bonds is 4. The number of benzene rings is 1. The van der Waals surface area contributed by atoms with E-state index in [0.29, 0.717) is 0 Å². The molecule has 0 bridgehead atoms. The second-order valence-electron chi connectivity index (χ2n) is 4.30. The number of para-hydroxylation sites is 1. The first-order valence-electron chi connectivity index (χ1n) is 6.64. The van der Waals surface area contributed by atoms with Crippen LogP contribution in [0.15, 0.2) is 78.9 Å². The van der Waals surface area contributed by atoms with E-state index in [9.17, 15) is 0 Å². The molecule has 0 fully saturated rings. The Labute approximate surface area is 139 Å². The van der Waals surface area contributed by atoms with E-state index in [1.165, 1.54) is 10.9 Å². The normalized spacial score (nSPS) is 9.76. The molecule has 1 unspecified atom stereocenters. The maximum Gasteiger partial charge on any atom is 0.122 e. The van der Waals surface area contributed by atoms with Gasteiger partial charge in [-0.15, -0.1) is 13.9 Å². The molecule has 21 heavy (non-hydrogen) atoms. The zero-order chi connectivity index (χ0) is 14.0. The van der Waals surface area contributed by atoms with Gasteiger partial charge in [0.1, 0.15) is 5.75 Å². The minimum Gasteiger partial charge on any atom is -0.748 e. The van der Waals surface area contributed by atoms with Crippen molar-refractivity contribution in [1.82, 2.24) is 0 Å². The summed E-state index contributed by atoms with van der Waals surface area (Å²) in [6.45, 7) is 0. The second-order valence-corrected chi connectivity index (χ2v) is 5.59. The van der Waals surface area contributed by atoms with Crippen LogP contribution in [0.5, 0.6) is 5.75 Å². The summed E-state index contributed by atoms with van der Waals surface area (Å²) in [5, 5.41) is 1.42. The second kappa shape index (κ2) is 10.4. The zero-order valence-corrected chi connectivity index (χ0v) is 14.1. The minimum absolute atomic E-state index is 0. The smallest absolute Gasteiger partial charge is 0.122 e. The van der Waals surface area contributed by atoms with E-state index in [1.54, 1.807) is 7.11 Å². The summed E-state index contributed by atoms with van der Waals surface area (Å²) in [6, 6.07) is 26.7. The molecule has 0 aliphatic rings. The van der Waals surface area contributed by atoms with Gasteiger partial charge in [-0.3, -0.25) is 0 Å². The molecule has 0 amide bonds. The molecule has 0 aliphatic heterocycles. The van der Waals surface area contributed by atoms with Crippen molar-refractivity contribution in [1.29, 1.82) is 0 Å². The number of hydrogen-bond acceptors (Lipinski definition) is 1. The molecular formula is C18H19FeOP-6. The van der Waals surface area contributed by atoms with Gasteiger partial charge in [-0.05, 0) is 17.8 Å². The van der Waals surface area contributed by atoms with E-state index >= 15 is 0 Å². The maximum atomic E-state index is 5.32. The Morgan fingerprint density at radius 3 is 2.10 bits per heavy atom. The first kappa shape index (κ1) is 17.7. The monoisotopic (exact) mass is 338 g/mol. The Bertz CT molecular complexity index is 556. The van der Waals surface area contributed by atoms with Crippen LogP contribution in [-0.2, 0) is 23.2 Å². The van der Waals surface area contributed by atoms with Crippen LogP contribution in [-0.4, -0.2) is 7.11 Å². The van der Waals surface area contributed by atoms with Gasteiger partial charge >= 0.3 is 0 Å². The van der Waals surface area contributed by atoms with Crippen molar-refractivity contribution in [2.45, 2.75) is 6.16 Å². The Balaban J connectivity index is 0.000000313. The Kier molecular flexibility index (Phi) is 8.78. The molecule has 0 N–H and O–H groups in total. The van der Waals surface area contributed by atoms with E-state index in [1.807, 2.05) is 42.5 Å². The van der Waals surface area contributed by atoms with Gasteiger partial charge in [-0.1, -0.05) is 18.2 Å². The number of ether oxygens (including phenoxy) is 1. The molecule has 0 aliphatic carbocycles. The summed E-state index contributed by atoms with van der Waals surface area (Å²) in [6.07, 6.45) is 1.06. The van der Waals surface area contributed by atoms with Gasteiger partial charge in [-0.25, -0.2) is 12.1 Å². The predicted octanol–water partition coefficient (Wildman–Crippen LogP) is 4.32. The largest absolute Gasteiger partial charge is 0.748 e. The van der Waals surface area contributed by atoms with E-state index in [4.69, 9.17) is 4.74 Å². The molecule has 116 valence electrons. The average molecular weight is 338 g/mol. The van der Waals surface area contributed by atoms with Gasteiger partial charge in [0.05, 0.1) is 7.11 Å². The first-order valence-corrected chi connectivity index (χ1v) is 7.85. The van der Waals surface area contributed by atoms with Crippen LogP contribution in [0.3, 0.4) is 0 Å². The van der Waals surface area contributed by atoms with Gasteiger partial charge in [0.2, 0.25) is 0 Å².